The predicted molar refractivity (Wildman–Crippen MR) is 84.3 cm³/mol. The summed E-state index contributed by atoms with van der Waals surface area (Å²) < 4.78 is 5.64. The van der Waals surface area contributed by atoms with E-state index in [9.17, 15) is 9.90 Å². The molecule has 0 aliphatic heterocycles. The van der Waals surface area contributed by atoms with Crippen molar-refractivity contribution in [3.05, 3.63) is 29.8 Å². The molecule has 2 atom stereocenters. The molecule has 2 unspecified atom stereocenters. The molecule has 0 aliphatic carbocycles. The van der Waals surface area contributed by atoms with Gasteiger partial charge in [0.05, 0.1) is 6.10 Å². The molecule has 0 saturated heterocycles. The summed E-state index contributed by atoms with van der Waals surface area (Å²) in [6.45, 7) is 7.78. The van der Waals surface area contributed by atoms with Crippen LogP contribution in [-0.4, -0.2) is 23.2 Å². The van der Waals surface area contributed by atoms with E-state index in [1.165, 1.54) is 0 Å². The van der Waals surface area contributed by atoms with Crippen LogP contribution in [0.2, 0.25) is 0 Å². The van der Waals surface area contributed by atoms with Crippen LogP contribution < -0.4 is 10.1 Å². The third kappa shape index (κ3) is 5.38. The molecule has 4 heteroatoms. The number of hydrogen-bond acceptors (Lipinski definition) is 3. The number of amides is 1. The topological polar surface area (TPSA) is 58.6 Å². The molecule has 21 heavy (non-hydrogen) atoms. The van der Waals surface area contributed by atoms with Gasteiger partial charge in [0.2, 0.25) is 0 Å². The van der Waals surface area contributed by atoms with Gasteiger partial charge in [-0.3, -0.25) is 4.79 Å². The Morgan fingerprint density at radius 2 is 1.71 bits per heavy atom. The summed E-state index contributed by atoms with van der Waals surface area (Å²) in [6.07, 6.45) is 1.52. The fourth-order valence-electron chi connectivity index (χ4n) is 2.07. The zero-order chi connectivity index (χ0) is 15.8. The van der Waals surface area contributed by atoms with Gasteiger partial charge in [-0.2, -0.15) is 0 Å². The Hall–Kier alpha value is -1.55. The van der Waals surface area contributed by atoms with E-state index in [0.717, 1.165) is 18.4 Å². The summed E-state index contributed by atoms with van der Waals surface area (Å²) in [5, 5.41) is 12.7. The van der Waals surface area contributed by atoms with Gasteiger partial charge in [0, 0.05) is 6.04 Å². The van der Waals surface area contributed by atoms with Crippen LogP contribution in [0.3, 0.4) is 0 Å². The largest absolute Gasteiger partial charge is 0.481 e. The summed E-state index contributed by atoms with van der Waals surface area (Å²) in [6, 6.07) is 7.43. The number of carbonyl (C=O) groups is 1. The van der Waals surface area contributed by atoms with E-state index in [1.807, 2.05) is 19.1 Å². The molecule has 0 radical (unpaired) electrons. The van der Waals surface area contributed by atoms with Crippen molar-refractivity contribution in [2.24, 2.45) is 0 Å². The van der Waals surface area contributed by atoms with Gasteiger partial charge in [0.15, 0.2) is 6.10 Å². The van der Waals surface area contributed by atoms with Crippen molar-refractivity contribution >= 4 is 5.91 Å². The second-order valence-corrected chi connectivity index (χ2v) is 5.28. The van der Waals surface area contributed by atoms with Gasteiger partial charge < -0.3 is 15.2 Å². The molecular formula is C17H27NO3. The number of aliphatic hydroxyl groups excluding tert-OH is 1. The molecule has 1 rings (SSSR count). The summed E-state index contributed by atoms with van der Waals surface area (Å²) in [5.41, 5.74) is 0.860. The fraction of sp³-hybridized carbons (Fsp3) is 0.588. The SMILES string of the molecule is CCC(CC)NC(=O)C(C)Oc1ccc(C(O)CC)cc1. The van der Waals surface area contributed by atoms with Crippen molar-refractivity contribution in [1.29, 1.82) is 0 Å². The minimum Gasteiger partial charge on any atom is -0.481 e. The highest BCUT2D eigenvalue weighted by Gasteiger charge is 2.17. The molecule has 0 bridgehead atoms. The first-order valence-electron chi connectivity index (χ1n) is 7.76. The van der Waals surface area contributed by atoms with Gasteiger partial charge in [-0.05, 0) is 43.9 Å². The number of nitrogens with one attached hydrogen (secondary N) is 1. The molecule has 0 heterocycles. The number of carbonyl (C=O) groups excluding carboxylic acids is 1. The Kier molecular flexibility index (Phi) is 7.23. The van der Waals surface area contributed by atoms with Crippen molar-refractivity contribution in [1.82, 2.24) is 5.32 Å². The van der Waals surface area contributed by atoms with Crippen molar-refractivity contribution < 1.29 is 14.6 Å². The standard InChI is InChI=1S/C17H27NO3/c1-5-14(6-2)18-17(20)12(4)21-15-10-8-13(9-11-15)16(19)7-3/h8-12,14,16,19H,5-7H2,1-4H3,(H,18,20). The third-order valence-corrected chi connectivity index (χ3v) is 3.67. The Morgan fingerprint density at radius 3 is 2.19 bits per heavy atom. The van der Waals surface area contributed by atoms with E-state index in [4.69, 9.17) is 4.74 Å². The van der Waals surface area contributed by atoms with Crippen LogP contribution in [0, 0.1) is 0 Å². The number of rotatable bonds is 8. The molecule has 1 aromatic rings. The van der Waals surface area contributed by atoms with Gasteiger partial charge in [0.1, 0.15) is 5.75 Å². The van der Waals surface area contributed by atoms with Crippen LogP contribution in [0.15, 0.2) is 24.3 Å². The Balaban J connectivity index is 2.58. The molecule has 0 saturated carbocycles. The maximum atomic E-state index is 12.0. The maximum Gasteiger partial charge on any atom is 0.260 e. The van der Waals surface area contributed by atoms with Crippen molar-refractivity contribution in [2.45, 2.75) is 65.2 Å². The number of benzene rings is 1. The van der Waals surface area contributed by atoms with Crippen LogP contribution in [-0.2, 0) is 4.79 Å². The summed E-state index contributed by atoms with van der Waals surface area (Å²) in [7, 11) is 0. The second kappa shape index (κ2) is 8.67. The smallest absolute Gasteiger partial charge is 0.260 e. The summed E-state index contributed by atoms with van der Waals surface area (Å²) >= 11 is 0. The first-order chi connectivity index (χ1) is 10.0. The molecular weight excluding hydrogens is 266 g/mol. The lowest BCUT2D eigenvalue weighted by atomic mass is 10.1. The number of ether oxygens (including phenoxy) is 1. The Bertz CT molecular complexity index is 426. The van der Waals surface area contributed by atoms with Gasteiger partial charge >= 0.3 is 0 Å². The Morgan fingerprint density at radius 1 is 1.14 bits per heavy atom. The van der Waals surface area contributed by atoms with E-state index >= 15 is 0 Å². The van der Waals surface area contributed by atoms with Crippen molar-refractivity contribution in [3.63, 3.8) is 0 Å². The van der Waals surface area contributed by atoms with Gasteiger partial charge in [-0.25, -0.2) is 0 Å². The molecule has 4 nitrogen and oxygen atoms in total. The van der Waals surface area contributed by atoms with Crippen LogP contribution in [0.4, 0.5) is 0 Å². The second-order valence-electron chi connectivity index (χ2n) is 5.28. The van der Waals surface area contributed by atoms with E-state index in [2.05, 4.69) is 19.2 Å². The number of hydrogen-bond donors (Lipinski definition) is 2. The fourth-order valence-corrected chi connectivity index (χ4v) is 2.07. The average molecular weight is 293 g/mol. The lowest BCUT2D eigenvalue weighted by Gasteiger charge is -2.19. The average Bonchev–Trinajstić information content (AvgIpc) is 2.52. The zero-order valence-electron chi connectivity index (χ0n) is 13.4. The summed E-state index contributed by atoms with van der Waals surface area (Å²) in [4.78, 5) is 12.0. The normalized spacial score (nSPS) is 13.8. The zero-order valence-corrected chi connectivity index (χ0v) is 13.4. The van der Waals surface area contributed by atoms with Crippen molar-refractivity contribution in [3.8, 4) is 5.75 Å². The van der Waals surface area contributed by atoms with E-state index in [-0.39, 0.29) is 11.9 Å². The third-order valence-electron chi connectivity index (χ3n) is 3.67. The molecule has 0 fully saturated rings. The highest BCUT2D eigenvalue weighted by molar-refractivity contribution is 5.81. The molecule has 0 aliphatic rings. The lowest BCUT2D eigenvalue weighted by Crippen LogP contribution is -2.42. The molecule has 0 spiro atoms. The highest BCUT2D eigenvalue weighted by Crippen LogP contribution is 2.20. The predicted octanol–water partition coefficient (Wildman–Crippen LogP) is 3.20. The quantitative estimate of drug-likeness (QED) is 0.774. The maximum absolute atomic E-state index is 12.0. The monoisotopic (exact) mass is 293 g/mol. The van der Waals surface area contributed by atoms with E-state index < -0.39 is 12.2 Å². The molecule has 1 aromatic carbocycles. The minimum absolute atomic E-state index is 0.0960. The highest BCUT2D eigenvalue weighted by atomic mass is 16.5. The molecule has 0 aromatic heterocycles. The van der Waals surface area contributed by atoms with Crippen molar-refractivity contribution in [2.75, 3.05) is 0 Å². The first-order valence-corrected chi connectivity index (χ1v) is 7.76. The summed E-state index contributed by atoms with van der Waals surface area (Å²) in [5.74, 6) is 0.538. The Labute approximate surface area is 127 Å². The van der Waals surface area contributed by atoms with Crippen LogP contribution >= 0.6 is 0 Å². The van der Waals surface area contributed by atoms with Crippen LogP contribution in [0.1, 0.15) is 58.6 Å². The van der Waals surface area contributed by atoms with E-state index in [0.29, 0.717) is 12.2 Å². The molecule has 1 amide bonds. The lowest BCUT2D eigenvalue weighted by molar-refractivity contribution is -0.128. The first kappa shape index (κ1) is 17.5. The van der Waals surface area contributed by atoms with Gasteiger partial charge in [0.25, 0.3) is 5.91 Å². The van der Waals surface area contributed by atoms with E-state index in [1.54, 1.807) is 19.1 Å². The number of aliphatic hydroxyl groups is 1. The van der Waals surface area contributed by atoms with Crippen LogP contribution in [0.25, 0.3) is 0 Å². The van der Waals surface area contributed by atoms with Crippen LogP contribution in [0.5, 0.6) is 5.75 Å². The minimum atomic E-state index is -0.535. The molecule has 118 valence electrons. The molecule has 2 N–H and O–H groups in total. The van der Waals surface area contributed by atoms with Gasteiger partial charge in [-0.15, -0.1) is 0 Å². The van der Waals surface area contributed by atoms with Gasteiger partial charge in [-0.1, -0.05) is 32.9 Å².